The Hall–Kier alpha value is -1.01. The largest absolute Gasteiger partial charge is 0.303 e. The van der Waals surface area contributed by atoms with E-state index in [0.29, 0.717) is 30.4 Å². The monoisotopic (exact) mass is 342 g/mol. The van der Waals surface area contributed by atoms with Crippen molar-refractivity contribution in [1.82, 2.24) is 0 Å². The second-order valence-corrected chi connectivity index (χ2v) is 7.85. The molecule has 0 aliphatic carbocycles. The van der Waals surface area contributed by atoms with Crippen LogP contribution >= 0.6 is 0 Å². The molecule has 0 aliphatic heterocycles. The van der Waals surface area contributed by atoms with Crippen molar-refractivity contribution in [2.24, 2.45) is 0 Å². The van der Waals surface area contributed by atoms with E-state index in [0.717, 1.165) is 19.5 Å². The predicted molar refractivity (Wildman–Crippen MR) is 96.4 cm³/mol. The first kappa shape index (κ1) is 22.0. The summed E-state index contributed by atoms with van der Waals surface area (Å²) in [6, 6.07) is 0. The lowest BCUT2D eigenvalue weighted by molar-refractivity contribution is -0.915. The van der Waals surface area contributed by atoms with Crippen LogP contribution in [0.15, 0.2) is 0 Å². The number of rotatable bonds is 14. The third kappa shape index (κ3) is 12.1. The molecule has 0 aromatic rings. The first-order chi connectivity index (χ1) is 10.9. The zero-order valence-electron chi connectivity index (χ0n) is 14.5. The average molecular weight is 343 g/mol. The Morgan fingerprint density at radius 1 is 0.870 bits per heavy atom. The predicted octanol–water partition coefficient (Wildman–Crippen LogP) is 3.10. The van der Waals surface area contributed by atoms with Gasteiger partial charge >= 0.3 is 0 Å². The van der Waals surface area contributed by atoms with Crippen LogP contribution in [0.1, 0.15) is 58.3 Å². The summed E-state index contributed by atoms with van der Waals surface area (Å²) in [5, 5.41) is 0. The van der Waals surface area contributed by atoms with E-state index in [1.54, 1.807) is 0 Å². The average Bonchev–Trinajstić information content (AvgIpc) is 2.47. The van der Waals surface area contributed by atoms with Crippen LogP contribution in [0.5, 0.6) is 0 Å². The van der Waals surface area contributed by atoms with E-state index in [4.69, 9.17) is 17.4 Å². The number of hydrogen-bond acceptors (Lipinski definition) is 2. The SMILES string of the molecule is C#CC[N+](CC#C)(CCCCCCCC)CCCCS(=O)(=O)O. The molecule has 5 heteroatoms. The quantitative estimate of drug-likeness (QED) is 0.228. The lowest BCUT2D eigenvalue weighted by Gasteiger charge is -2.35. The van der Waals surface area contributed by atoms with E-state index >= 15 is 0 Å². The maximum Gasteiger partial charge on any atom is 0.264 e. The van der Waals surface area contributed by atoms with E-state index in [-0.39, 0.29) is 5.75 Å². The molecular formula is C18H32NO3S+. The minimum absolute atomic E-state index is 0.198. The van der Waals surface area contributed by atoms with Crippen LogP contribution in [0.25, 0.3) is 0 Å². The number of quaternary nitrogens is 1. The molecule has 0 rings (SSSR count). The summed E-state index contributed by atoms with van der Waals surface area (Å²) in [5.41, 5.74) is 0. The number of hydrogen-bond donors (Lipinski definition) is 1. The van der Waals surface area contributed by atoms with Gasteiger partial charge in [-0.15, -0.1) is 12.8 Å². The highest BCUT2D eigenvalue weighted by Crippen LogP contribution is 2.14. The maximum atomic E-state index is 10.8. The Morgan fingerprint density at radius 2 is 1.35 bits per heavy atom. The van der Waals surface area contributed by atoms with Gasteiger partial charge in [0.05, 0.1) is 18.8 Å². The van der Waals surface area contributed by atoms with Gasteiger partial charge in [-0.2, -0.15) is 8.42 Å². The Morgan fingerprint density at radius 3 is 1.83 bits per heavy atom. The van der Waals surface area contributed by atoms with Crippen LogP contribution in [0.3, 0.4) is 0 Å². The van der Waals surface area contributed by atoms with Crippen LogP contribution in [-0.2, 0) is 10.1 Å². The van der Waals surface area contributed by atoms with Gasteiger partial charge in [-0.1, -0.05) is 32.6 Å². The van der Waals surface area contributed by atoms with Crippen LogP contribution in [0.2, 0.25) is 0 Å². The highest BCUT2D eigenvalue weighted by molar-refractivity contribution is 7.85. The Labute approximate surface area is 143 Å². The molecule has 4 nitrogen and oxygen atoms in total. The number of nitrogens with zero attached hydrogens (tertiary/aromatic N) is 1. The summed E-state index contributed by atoms with van der Waals surface area (Å²) in [5.74, 6) is 5.24. The van der Waals surface area contributed by atoms with Crippen molar-refractivity contribution in [3.8, 4) is 24.7 Å². The summed E-state index contributed by atoms with van der Waals surface area (Å²) in [6.07, 6.45) is 19.5. The molecule has 0 amide bonds. The maximum absolute atomic E-state index is 10.8. The standard InChI is InChI=1S/C18H31NO3S/c1-4-7-8-9-10-11-16-19(14-5-2,15-6-3)17-12-13-18-23(20,21)22/h2-3H,4,7-18H2,1H3/p+1. The smallest absolute Gasteiger partial charge is 0.264 e. The van der Waals surface area contributed by atoms with Crippen LogP contribution in [0.4, 0.5) is 0 Å². The first-order valence-electron chi connectivity index (χ1n) is 8.56. The number of unbranched alkanes of at least 4 members (excludes halogenated alkanes) is 6. The Bertz CT molecular complexity index is 469. The fourth-order valence-corrected chi connectivity index (χ4v) is 3.40. The van der Waals surface area contributed by atoms with Gasteiger partial charge in [0.1, 0.15) is 13.1 Å². The van der Waals surface area contributed by atoms with Crippen LogP contribution in [-0.4, -0.2) is 49.4 Å². The van der Waals surface area contributed by atoms with Crippen molar-refractivity contribution in [3.05, 3.63) is 0 Å². The zero-order valence-corrected chi connectivity index (χ0v) is 15.3. The summed E-state index contributed by atoms with van der Waals surface area (Å²) in [4.78, 5) is 0. The molecule has 1 N–H and O–H groups in total. The Kier molecular flexibility index (Phi) is 11.9. The summed E-state index contributed by atoms with van der Waals surface area (Å²) < 4.78 is 31.0. The van der Waals surface area contributed by atoms with Gasteiger partial charge in [0.15, 0.2) is 0 Å². The fourth-order valence-electron chi connectivity index (χ4n) is 2.83. The van der Waals surface area contributed by atoms with Gasteiger partial charge in [0, 0.05) is 0 Å². The minimum Gasteiger partial charge on any atom is -0.303 e. The second kappa shape index (κ2) is 12.4. The third-order valence-electron chi connectivity index (χ3n) is 4.12. The molecule has 0 bridgehead atoms. The number of terminal acetylenes is 2. The fraction of sp³-hybridized carbons (Fsp3) is 0.778. The van der Waals surface area contributed by atoms with E-state index in [9.17, 15) is 8.42 Å². The first-order valence-corrected chi connectivity index (χ1v) is 10.2. The van der Waals surface area contributed by atoms with Crippen molar-refractivity contribution in [2.75, 3.05) is 31.9 Å². The molecule has 0 saturated heterocycles. The Balaban J connectivity index is 4.39. The third-order valence-corrected chi connectivity index (χ3v) is 4.93. The van der Waals surface area contributed by atoms with E-state index < -0.39 is 10.1 Å². The molecule has 0 fully saturated rings. The van der Waals surface area contributed by atoms with Crippen LogP contribution in [0, 0.1) is 24.7 Å². The van der Waals surface area contributed by atoms with Crippen molar-refractivity contribution in [2.45, 2.75) is 58.3 Å². The van der Waals surface area contributed by atoms with Gasteiger partial charge in [-0.3, -0.25) is 4.55 Å². The van der Waals surface area contributed by atoms with Crippen molar-refractivity contribution in [3.63, 3.8) is 0 Å². The molecular weight excluding hydrogens is 310 g/mol. The summed E-state index contributed by atoms with van der Waals surface area (Å²) >= 11 is 0. The highest BCUT2D eigenvalue weighted by Gasteiger charge is 2.24. The molecule has 23 heavy (non-hydrogen) atoms. The lowest BCUT2D eigenvalue weighted by Crippen LogP contribution is -2.50. The molecule has 0 unspecified atom stereocenters. The van der Waals surface area contributed by atoms with E-state index in [2.05, 4.69) is 18.8 Å². The molecule has 0 spiro atoms. The topological polar surface area (TPSA) is 54.4 Å². The highest BCUT2D eigenvalue weighted by atomic mass is 32.2. The van der Waals surface area contributed by atoms with Gasteiger partial charge < -0.3 is 4.48 Å². The molecule has 0 saturated carbocycles. The normalized spacial score (nSPS) is 11.8. The van der Waals surface area contributed by atoms with Crippen molar-refractivity contribution < 1.29 is 17.5 Å². The van der Waals surface area contributed by atoms with Gasteiger partial charge in [0.2, 0.25) is 0 Å². The van der Waals surface area contributed by atoms with Crippen LogP contribution < -0.4 is 0 Å². The molecule has 0 atom stereocenters. The van der Waals surface area contributed by atoms with E-state index in [1.165, 1.54) is 32.1 Å². The molecule has 0 heterocycles. The summed E-state index contributed by atoms with van der Waals surface area (Å²) in [7, 11) is -3.88. The molecule has 132 valence electrons. The summed E-state index contributed by atoms with van der Waals surface area (Å²) in [6.45, 7) is 5.05. The van der Waals surface area contributed by atoms with E-state index in [1.807, 2.05) is 0 Å². The van der Waals surface area contributed by atoms with Gasteiger partial charge in [-0.05, 0) is 37.5 Å². The minimum atomic E-state index is -3.88. The van der Waals surface area contributed by atoms with Crippen molar-refractivity contribution >= 4 is 10.1 Å². The molecule has 0 aromatic carbocycles. The lowest BCUT2D eigenvalue weighted by atomic mass is 10.1. The van der Waals surface area contributed by atoms with Gasteiger partial charge in [0.25, 0.3) is 10.1 Å². The second-order valence-electron chi connectivity index (χ2n) is 6.27. The zero-order chi connectivity index (χ0) is 17.6. The molecule has 0 radical (unpaired) electrons. The van der Waals surface area contributed by atoms with Crippen molar-refractivity contribution in [1.29, 1.82) is 0 Å². The van der Waals surface area contributed by atoms with Gasteiger partial charge in [-0.25, -0.2) is 0 Å². The molecule has 0 aliphatic rings. The molecule has 0 aromatic heterocycles.